The lowest BCUT2D eigenvalue weighted by Gasteiger charge is -2.26. The van der Waals surface area contributed by atoms with Crippen LogP contribution in [0.1, 0.15) is 29.8 Å². The number of primary amides is 1. The molecule has 2 heterocycles. The van der Waals surface area contributed by atoms with Crippen LogP contribution >= 0.6 is 11.3 Å². The monoisotopic (exact) mass is 537 g/mol. The molecule has 12 heteroatoms. The van der Waals surface area contributed by atoms with Gasteiger partial charge >= 0.3 is 0 Å². The van der Waals surface area contributed by atoms with Crippen molar-refractivity contribution in [1.29, 1.82) is 0 Å². The van der Waals surface area contributed by atoms with Crippen molar-refractivity contribution in [3.63, 3.8) is 0 Å². The second-order valence-corrected chi connectivity index (χ2v) is 11.7. The Labute approximate surface area is 211 Å². The molecule has 1 amide bonds. The Bertz CT molecular complexity index is 1370. The summed E-state index contributed by atoms with van der Waals surface area (Å²) in [5.74, 6) is -2.59. The predicted molar refractivity (Wildman–Crippen MR) is 133 cm³/mol. The molecule has 36 heavy (non-hydrogen) atoms. The summed E-state index contributed by atoms with van der Waals surface area (Å²) in [5, 5.41) is 13.3. The number of rotatable bonds is 7. The smallest absolute Gasteiger partial charge is 0.251 e. The third kappa shape index (κ3) is 5.27. The third-order valence-electron chi connectivity index (χ3n) is 5.71. The first-order valence-electron chi connectivity index (χ1n) is 11.0. The van der Waals surface area contributed by atoms with Gasteiger partial charge in [0.05, 0.1) is 34.8 Å². The molecule has 1 aliphatic rings. The fourth-order valence-corrected chi connectivity index (χ4v) is 6.27. The van der Waals surface area contributed by atoms with E-state index in [1.807, 2.05) is 0 Å². The molecule has 0 aliphatic carbocycles. The van der Waals surface area contributed by atoms with Crippen molar-refractivity contribution in [1.82, 2.24) is 4.31 Å². The highest BCUT2D eigenvalue weighted by Crippen LogP contribution is 2.40. The highest BCUT2D eigenvalue weighted by molar-refractivity contribution is 7.89. The van der Waals surface area contributed by atoms with Crippen LogP contribution in [0.15, 0.2) is 47.4 Å². The summed E-state index contributed by atoms with van der Waals surface area (Å²) in [5.41, 5.74) is 4.24. The molecule has 3 aromatic rings. The van der Waals surface area contributed by atoms with Crippen molar-refractivity contribution in [2.75, 3.05) is 31.6 Å². The standard InChI is InChI=1S/C24H25F2N3O5S2/c1-24(2,31)14-11-18(25)21(19(26)12-14)20-13-17(22(27)30)23(35-20)28-15-3-5-16(6-4-15)36(32,33)29-7-9-34-10-8-29/h3-6,11-13,28,31H,7-10H2,1-2H3,(H2,27,30). The summed E-state index contributed by atoms with van der Waals surface area (Å²) in [6, 6.07) is 9.29. The fraction of sp³-hybridized carbons (Fsp3) is 0.292. The van der Waals surface area contributed by atoms with Crippen molar-refractivity contribution in [2.24, 2.45) is 5.73 Å². The molecule has 0 atom stereocenters. The number of hydrogen-bond donors (Lipinski definition) is 3. The minimum atomic E-state index is -3.68. The molecule has 4 rings (SSSR count). The quantitative estimate of drug-likeness (QED) is 0.422. The van der Waals surface area contributed by atoms with Crippen LogP contribution in [0.2, 0.25) is 0 Å². The Morgan fingerprint density at radius 1 is 1.11 bits per heavy atom. The molecule has 0 bridgehead atoms. The van der Waals surface area contributed by atoms with Gasteiger partial charge in [0.1, 0.15) is 16.6 Å². The van der Waals surface area contributed by atoms with Gasteiger partial charge in [0.2, 0.25) is 10.0 Å². The lowest BCUT2D eigenvalue weighted by Crippen LogP contribution is -2.40. The van der Waals surface area contributed by atoms with Crippen molar-refractivity contribution in [3.8, 4) is 10.4 Å². The molecule has 0 saturated carbocycles. The lowest BCUT2D eigenvalue weighted by molar-refractivity contribution is 0.0730. The zero-order valence-corrected chi connectivity index (χ0v) is 21.2. The van der Waals surface area contributed by atoms with Crippen molar-refractivity contribution in [2.45, 2.75) is 24.3 Å². The average molecular weight is 538 g/mol. The van der Waals surface area contributed by atoms with Gasteiger partial charge in [-0.15, -0.1) is 11.3 Å². The van der Waals surface area contributed by atoms with Gasteiger partial charge in [0.25, 0.3) is 5.91 Å². The van der Waals surface area contributed by atoms with E-state index >= 15 is 0 Å². The van der Waals surface area contributed by atoms with Crippen LogP contribution in [0, 0.1) is 11.6 Å². The molecule has 0 radical (unpaired) electrons. The van der Waals surface area contributed by atoms with E-state index in [0.29, 0.717) is 18.9 Å². The van der Waals surface area contributed by atoms with E-state index in [-0.39, 0.29) is 44.6 Å². The van der Waals surface area contributed by atoms with E-state index in [0.717, 1.165) is 23.5 Å². The van der Waals surface area contributed by atoms with Gasteiger partial charge in [-0.1, -0.05) is 0 Å². The molecule has 4 N–H and O–H groups in total. The maximum atomic E-state index is 14.9. The summed E-state index contributed by atoms with van der Waals surface area (Å²) >= 11 is 0.915. The number of carbonyl (C=O) groups excluding carboxylic acids is 1. The lowest BCUT2D eigenvalue weighted by atomic mass is 9.96. The Kier molecular flexibility index (Phi) is 7.17. The maximum absolute atomic E-state index is 14.9. The number of aliphatic hydroxyl groups is 1. The van der Waals surface area contributed by atoms with Crippen LogP contribution in [-0.2, 0) is 20.4 Å². The zero-order chi connectivity index (χ0) is 26.3. The SMILES string of the molecule is CC(C)(O)c1cc(F)c(-c2cc(C(N)=O)c(Nc3ccc(S(=O)(=O)N4CCOCC4)cc3)s2)c(F)c1. The molecule has 8 nitrogen and oxygen atoms in total. The van der Waals surface area contributed by atoms with Crippen molar-refractivity contribution in [3.05, 3.63) is 65.2 Å². The first-order valence-corrected chi connectivity index (χ1v) is 13.2. The van der Waals surface area contributed by atoms with Gasteiger partial charge in [-0.05, 0) is 61.9 Å². The summed E-state index contributed by atoms with van der Waals surface area (Å²) in [4.78, 5) is 12.3. The Hall–Kier alpha value is -2.90. The highest BCUT2D eigenvalue weighted by atomic mass is 32.2. The Balaban J connectivity index is 1.63. The number of nitrogens with one attached hydrogen (secondary N) is 1. The number of thiophene rings is 1. The number of benzene rings is 2. The van der Waals surface area contributed by atoms with Crippen LogP contribution in [0.4, 0.5) is 19.5 Å². The van der Waals surface area contributed by atoms with Gasteiger partial charge in [-0.25, -0.2) is 17.2 Å². The highest BCUT2D eigenvalue weighted by Gasteiger charge is 2.27. The summed E-state index contributed by atoms with van der Waals surface area (Å²) in [6.07, 6.45) is 0. The number of hydrogen-bond acceptors (Lipinski definition) is 7. The molecule has 2 aromatic carbocycles. The van der Waals surface area contributed by atoms with E-state index in [2.05, 4.69) is 5.32 Å². The number of nitrogens with two attached hydrogens (primary N) is 1. The number of sulfonamides is 1. The molecule has 0 spiro atoms. The van der Waals surface area contributed by atoms with Gasteiger partial charge in [0, 0.05) is 23.7 Å². The normalized spacial score (nSPS) is 15.1. The van der Waals surface area contributed by atoms with Crippen molar-refractivity contribution < 1.29 is 31.8 Å². The number of halogens is 2. The minimum Gasteiger partial charge on any atom is -0.386 e. The number of carbonyl (C=O) groups is 1. The van der Waals surface area contributed by atoms with Gasteiger partial charge in [-0.2, -0.15) is 4.31 Å². The summed E-state index contributed by atoms with van der Waals surface area (Å²) in [7, 11) is -3.68. The number of anilines is 2. The molecule has 1 fully saturated rings. The first-order chi connectivity index (χ1) is 16.9. The second-order valence-electron chi connectivity index (χ2n) is 8.76. The van der Waals surface area contributed by atoms with E-state index in [4.69, 9.17) is 10.5 Å². The van der Waals surface area contributed by atoms with Crippen LogP contribution < -0.4 is 11.1 Å². The Morgan fingerprint density at radius 3 is 2.22 bits per heavy atom. The molecule has 1 aliphatic heterocycles. The predicted octanol–water partition coefficient (Wildman–Crippen LogP) is 3.78. The number of ether oxygens (including phenoxy) is 1. The molecule has 192 valence electrons. The average Bonchev–Trinajstić information content (AvgIpc) is 3.22. The molecule has 1 aromatic heterocycles. The fourth-order valence-electron chi connectivity index (χ4n) is 3.73. The van der Waals surface area contributed by atoms with Crippen molar-refractivity contribution >= 4 is 38.0 Å². The van der Waals surface area contributed by atoms with Gasteiger partial charge in [0.15, 0.2) is 0 Å². The largest absolute Gasteiger partial charge is 0.386 e. The number of morpholine rings is 1. The van der Waals surface area contributed by atoms with E-state index in [9.17, 15) is 27.1 Å². The van der Waals surface area contributed by atoms with Crippen LogP contribution in [0.3, 0.4) is 0 Å². The Morgan fingerprint density at radius 2 is 1.69 bits per heavy atom. The topological polar surface area (TPSA) is 122 Å². The van der Waals surface area contributed by atoms with Crippen LogP contribution in [0.25, 0.3) is 10.4 Å². The second kappa shape index (κ2) is 9.87. The minimum absolute atomic E-state index is 0.0189. The maximum Gasteiger partial charge on any atom is 0.251 e. The molecule has 1 saturated heterocycles. The van der Waals surface area contributed by atoms with E-state index in [1.165, 1.54) is 48.5 Å². The molecule has 0 unspecified atom stereocenters. The molecular formula is C24H25F2N3O5S2. The first kappa shape index (κ1) is 26.2. The number of nitrogens with zero attached hydrogens (tertiary/aromatic N) is 1. The summed E-state index contributed by atoms with van der Waals surface area (Å²) in [6.45, 7) is 4.03. The zero-order valence-electron chi connectivity index (χ0n) is 19.5. The van der Waals surface area contributed by atoms with E-state index < -0.39 is 33.2 Å². The number of amides is 1. The van der Waals surface area contributed by atoms with Crippen LogP contribution in [0.5, 0.6) is 0 Å². The van der Waals surface area contributed by atoms with Gasteiger partial charge in [-0.3, -0.25) is 4.79 Å². The third-order valence-corrected chi connectivity index (χ3v) is 8.69. The molecular weight excluding hydrogens is 512 g/mol. The summed E-state index contributed by atoms with van der Waals surface area (Å²) < 4.78 is 61.9. The van der Waals surface area contributed by atoms with E-state index in [1.54, 1.807) is 0 Å². The van der Waals surface area contributed by atoms with Crippen LogP contribution in [-0.4, -0.2) is 50.0 Å². The van der Waals surface area contributed by atoms with Gasteiger partial charge < -0.3 is 20.9 Å².